The summed E-state index contributed by atoms with van der Waals surface area (Å²) in [5, 5.41) is 3.28. The van der Waals surface area contributed by atoms with E-state index in [4.69, 9.17) is 0 Å². The van der Waals surface area contributed by atoms with Crippen LogP contribution in [-0.2, 0) is 9.59 Å². The van der Waals surface area contributed by atoms with Crippen LogP contribution in [-0.4, -0.2) is 35.4 Å². The third kappa shape index (κ3) is 2.47. The number of hydrogen-bond acceptors (Lipinski definition) is 4. The van der Waals surface area contributed by atoms with Crippen LogP contribution in [0.4, 0.5) is 5.69 Å². The number of benzene rings is 1. The highest BCUT2D eigenvalue weighted by Gasteiger charge is 2.45. The third-order valence-corrected chi connectivity index (χ3v) is 5.49. The molecule has 3 rings (SSSR count). The molecule has 1 unspecified atom stereocenters. The van der Waals surface area contributed by atoms with Crippen molar-refractivity contribution in [1.29, 1.82) is 0 Å². The van der Waals surface area contributed by atoms with E-state index in [-0.39, 0.29) is 24.3 Å². The van der Waals surface area contributed by atoms with Gasteiger partial charge in [0, 0.05) is 11.3 Å². The zero-order chi connectivity index (χ0) is 14.2. The molecule has 1 heterocycles. The summed E-state index contributed by atoms with van der Waals surface area (Å²) in [6.45, 7) is 0.806. The van der Waals surface area contributed by atoms with E-state index in [0.29, 0.717) is 10.4 Å². The molecule has 2 aliphatic rings. The Morgan fingerprint density at radius 2 is 2.00 bits per heavy atom. The van der Waals surface area contributed by atoms with Crippen LogP contribution in [0.1, 0.15) is 19.3 Å². The van der Waals surface area contributed by atoms with Crippen LogP contribution in [0.5, 0.6) is 0 Å². The number of carbonyl (C=O) groups excluding carboxylic acids is 2. The van der Waals surface area contributed by atoms with Crippen molar-refractivity contribution in [3.8, 4) is 0 Å². The van der Waals surface area contributed by atoms with Crippen LogP contribution >= 0.6 is 11.8 Å². The largest absolute Gasteiger partial charge is 0.304 e. The summed E-state index contributed by atoms with van der Waals surface area (Å²) < 4.78 is 0.295. The molecule has 1 saturated carbocycles. The van der Waals surface area contributed by atoms with Crippen molar-refractivity contribution >= 4 is 29.3 Å². The van der Waals surface area contributed by atoms with Crippen LogP contribution in [0.15, 0.2) is 30.3 Å². The quantitative estimate of drug-likeness (QED) is 0.840. The number of hydrogen-bond donors (Lipinski definition) is 1. The predicted octanol–water partition coefficient (Wildman–Crippen LogP) is 1.80. The Kier molecular flexibility index (Phi) is 3.56. The lowest BCUT2D eigenvalue weighted by atomic mass is 10.2. The first-order chi connectivity index (χ1) is 9.65. The van der Waals surface area contributed by atoms with Gasteiger partial charge in [-0.3, -0.25) is 9.59 Å². The van der Waals surface area contributed by atoms with Crippen LogP contribution < -0.4 is 10.2 Å². The lowest BCUT2D eigenvalue weighted by molar-refractivity contribution is -0.121. The van der Waals surface area contributed by atoms with Gasteiger partial charge in [-0.2, -0.15) is 11.8 Å². The second-order valence-corrected chi connectivity index (χ2v) is 6.70. The Balaban J connectivity index is 1.68. The molecule has 5 heteroatoms. The zero-order valence-corrected chi connectivity index (χ0v) is 12.3. The van der Waals surface area contributed by atoms with Gasteiger partial charge in [0.15, 0.2) is 0 Å². The molecule has 0 radical (unpaired) electrons. The summed E-state index contributed by atoms with van der Waals surface area (Å²) in [6.07, 6.45) is 4.75. The van der Waals surface area contributed by atoms with Crippen molar-refractivity contribution in [3.05, 3.63) is 30.3 Å². The highest BCUT2D eigenvalue weighted by atomic mass is 32.2. The molecule has 20 heavy (non-hydrogen) atoms. The molecule has 1 aromatic carbocycles. The van der Waals surface area contributed by atoms with Gasteiger partial charge in [-0.15, -0.1) is 0 Å². The lowest BCUT2D eigenvalue weighted by Crippen LogP contribution is -2.41. The van der Waals surface area contributed by atoms with E-state index in [1.54, 1.807) is 12.1 Å². The lowest BCUT2D eigenvalue weighted by Gasteiger charge is -2.18. The molecule has 4 nitrogen and oxygen atoms in total. The molecule has 2 fully saturated rings. The van der Waals surface area contributed by atoms with Gasteiger partial charge in [0.05, 0.1) is 18.2 Å². The molecule has 1 atom stereocenters. The summed E-state index contributed by atoms with van der Waals surface area (Å²) in [4.78, 5) is 25.7. The normalized spacial score (nSPS) is 24.2. The smallest absolute Gasteiger partial charge is 0.251 e. The maximum atomic E-state index is 12.4. The first-order valence-electron chi connectivity index (χ1n) is 6.86. The van der Waals surface area contributed by atoms with Crippen molar-refractivity contribution in [2.24, 2.45) is 0 Å². The van der Waals surface area contributed by atoms with Crippen molar-refractivity contribution in [1.82, 2.24) is 5.32 Å². The van der Waals surface area contributed by atoms with Gasteiger partial charge in [-0.05, 0) is 31.2 Å². The van der Waals surface area contributed by atoms with Crippen molar-refractivity contribution in [2.45, 2.75) is 30.1 Å². The standard InChI is InChI=1S/C15H18N2O2S/c1-20-15(7-8-15)10-16-12-9-13(18)17(14(12)19)11-5-3-2-4-6-11/h2-6,12,16H,7-10H2,1H3. The number of thioether (sulfide) groups is 1. The van der Waals surface area contributed by atoms with Gasteiger partial charge in [0.1, 0.15) is 0 Å². The van der Waals surface area contributed by atoms with Gasteiger partial charge in [0.25, 0.3) is 5.91 Å². The van der Waals surface area contributed by atoms with E-state index in [9.17, 15) is 9.59 Å². The average Bonchev–Trinajstić information content (AvgIpc) is 3.19. The maximum Gasteiger partial charge on any atom is 0.251 e. The number of anilines is 1. The van der Waals surface area contributed by atoms with E-state index in [0.717, 1.165) is 6.54 Å². The van der Waals surface area contributed by atoms with E-state index in [1.165, 1.54) is 17.7 Å². The number of rotatable bonds is 5. The first-order valence-corrected chi connectivity index (χ1v) is 8.08. The maximum absolute atomic E-state index is 12.4. The number of imide groups is 1. The Morgan fingerprint density at radius 1 is 1.30 bits per heavy atom. The van der Waals surface area contributed by atoms with Gasteiger partial charge in [-0.25, -0.2) is 4.90 Å². The van der Waals surface area contributed by atoms with Gasteiger partial charge in [-0.1, -0.05) is 18.2 Å². The summed E-state index contributed by atoms with van der Waals surface area (Å²) in [5.74, 6) is -0.245. The van der Waals surface area contributed by atoms with E-state index in [1.807, 2.05) is 30.0 Å². The minimum Gasteiger partial charge on any atom is -0.304 e. The molecule has 0 aromatic heterocycles. The van der Waals surface area contributed by atoms with Crippen LogP contribution in [0.2, 0.25) is 0 Å². The summed E-state index contributed by atoms with van der Waals surface area (Å²) in [6, 6.07) is 8.77. The number of nitrogens with one attached hydrogen (secondary N) is 1. The zero-order valence-electron chi connectivity index (χ0n) is 11.5. The second-order valence-electron chi connectivity index (χ2n) is 5.43. The third-order valence-electron chi connectivity index (χ3n) is 4.07. The monoisotopic (exact) mass is 290 g/mol. The molecule has 0 spiro atoms. The number of amides is 2. The Bertz CT molecular complexity index is 528. The SMILES string of the molecule is CSC1(CNC2CC(=O)N(c3ccccc3)C2=O)CC1. The van der Waals surface area contributed by atoms with E-state index >= 15 is 0 Å². The number of nitrogens with zero attached hydrogens (tertiary/aromatic N) is 1. The fraction of sp³-hybridized carbons (Fsp3) is 0.467. The van der Waals surface area contributed by atoms with Crippen LogP contribution in [0.25, 0.3) is 0 Å². The molecule has 1 aromatic rings. The van der Waals surface area contributed by atoms with Gasteiger partial charge >= 0.3 is 0 Å². The summed E-state index contributed by atoms with van der Waals surface area (Å²) in [5.41, 5.74) is 0.665. The van der Waals surface area contributed by atoms with Crippen LogP contribution in [0, 0.1) is 0 Å². The fourth-order valence-electron chi connectivity index (χ4n) is 2.54. The molecule has 106 valence electrons. The first kappa shape index (κ1) is 13.6. The van der Waals surface area contributed by atoms with Gasteiger partial charge < -0.3 is 5.32 Å². The van der Waals surface area contributed by atoms with Crippen molar-refractivity contribution in [2.75, 3.05) is 17.7 Å². The summed E-state index contributed by atoms with van der Waals surface area (Å²) in [7, 11) is 0. The fourth-order valence-corrected chi connectivity index (χ4v) is 3.28. The molecule has 1 aliphatic carbocycles. The van der Waals surface area contributed by atoms with Crippen molar-refractivity contribution in [3.63, 3.8) is 0 Å². The molecule has 0 bridgehead atoms. The number of carbonyl (C=O) groups is 2. The Labute approximate surface area is 122 Å². The molecular formula is C15H18N2O2S. The Hall–Kier alpha value is -1.33. The number of para-hydroxylation sites is 1. The second kappa shape index (κ2) is 5.22. The van der Waals surface area contributed by atoms with Crippen molar-refractivity contribution < 1.29 is 9.59 Å². The minimum absolute atomic E-state index is 0.118. The minimum atomic E-state index is -0.368. The average molecular weight is 290 g/mol. The highest BCUT2D eigenvalue weighted by Crippen LogP contribution is 2.46. The van der Waals surface area contributed by atoms with Gasteiger partial charge in [0.2, 0.25) is 5.91 Å². The van der Waals surface area contributed by atoms with E-state index < -0.39 is 0 Å². The molecule has 1 N–H and O–H groups in total. The Morgan fingerprint density at radius 3 is 2.60 bits per heavy atom. The van der Waals surface area contributed by atoms with Crippen LogP contribution in [0.3, 0.4) is 0 Å². The molecule has 2 amide bonds. The highest BCUT2D eigenvalue weighted by molar-refractivity contribution is 8.00. The molecule has 1 saturated heterocycles. The molecular weight excluding hydrogens is 272 g/mol. The predicted molar refractivity (Wildman–Crippen MR) is 80.8 cm³/mol. The summed E-state index contributed by atoms with van der Waals surface area (Å²) >= 11 is 1.85. The van der Waals surface area contributed by atoms with E-state index in [2.05, 4.69) is 11.6 Å². The topological polar surface area (TPSA) is 49.4 Å². The molecule has 1 aliphatic heterocycles.